The maximum absolute atomic E-state index is 12.4. The van der Waals surface area contributed by atoms with E-state index in [1.165, 1.54) is 6.20 Å². The second-order valence-corrected chi connectivity index (χ2v) is 7.87. The Labute approximate surface area is 200 Å². The number of carboxylic acids is 1. The highest BCUT2D eigenvalue weighted by Gasteiger charge is 2.24. The zero-order chi connectivity index (χ0) is 24.5. The van der Waals surface area contributed by atoms with Crippen molar-refractivity contribution in [3.05, 3.63) is 83.6 Å². The molecule has 176 valence electrons. The van der Waals surface area contributed by atoms with Crippen LogP contribution < -0.4 is 16.2 Å². The van der Waals surface area contributed by atoms with E-state index < -0.39 is 29.9 Å². The molecule has 2 atom stereocenters. The molecule has 0 aliphatic heterocycles. The van der Waals surface area contributed by atoms with E-state index in [1.807, 2.05) is 36.4 Å². The first-order valence-corrected chi connectivity index (χ1v) is 10.7. The maximum atomic E-state index is 12.4. The van der Waals surface area contributed by atoms with E-state index in [9.17, 15) is 19.5 Å². The third kappa shape index (κ3) is 7.03. The van der Waals surface area contributed by atoms with Crippen molar-refractivity contribution in [3.63, 3.8) is 0 Å². The zero-order valence-corrected chi connectivity index (χ0v) is 18.7. The Hall–Kier alpha value is -3.95. The van der Waals surface area contributed by atoms with Crippen molar-refractivity contribution < 1.29 is 24.6 Å². The molecule has 0 spiro atoms. The molecule has 0 saturated carbocycles. The number of hydrogen-bond donors (Lipinski definition) is 5. The van der Waals surface area contributed by atoms with Crippen LogP contribution in [0.5, 0.6) is 0 Å². The van der Waals surface area contributed by atoms with Crippen LogP contribution in [0.15, 0.2) is 73.1 Å². The number of pyridine rings is 1. The van der Waals surface area contributed by atoms with Gasteiger partial charge in [0.05, 0.1) is 11.9 Å². The number of carbonyl (C=O) groups excluding carboxylic acids is 2. The number of anilines is 1. The number of carboxylic acid groups (broad SMARTS) is 1. The van der Waals surface area contributed by atoms with Crippen molar-refractivity contribution in [1.29, 1.82) is 0 Å². The Kier molecular flexibility index (Phi) is 8.55. The number of carbonyl (C=O) groups is 3. The van der Waals surface area contributed by atoms with Crippen LogP contribution in [0.25, 0.3) is 11.1 Å². The third-order valence-electron chi connectivity index (χ3n) is 4.92. The minimum atomic E-state index is -1.72. The Morgan fingerprint density at radius 2 is 1.76 bits per heavy atom. The Balaban J connectivity index is 1.69. The third-order valence-corrected chi connectivity index (χ3v) is 5.23. The van der Waals surface area contributed by atoms with E-state index in [0.717, 1.165) is 11.1 Å². The van der Waals surface area contributed by atoms with Crippen molar-refractivity contribution in [2.24, 2.45) is 0 Å². The van der Waals surface area contributed by atoms with E-state index in [1.54, 1.807) is 30.5 Å². The first kappa shape index (κ1) is 24.7. The fourth-order valence-electron chi connectivity index (χ4n) is 3.26. The predicted molar refractivity (Wildman–Crippen MR) is 127 cm³/mol. The van der Waals surface area contributed by atoms with Gasteiger partial charge in [-0.3, -0.25) is 25.4 Å². The molecule has 3 rings (SSSR count). The van der Waals surface area contributed by atoms with E-state index in [2.05, 4.69) is 21.2 Å². The van der Waals surface area contributed by atoms with Gasteiger partial charge in [0.15, 0.2) is 6.10 Å². The molecule has 0 aliphatic carbocycles. The van der Waals surface area contributed by atoms with Gasteiger partial charge in [-0.05, 0) is 35.7 Å². The van der Waals surface area contributed by atoms with Gasteiger partial charge in [-0.2, -0.15) is 0 Å². The number of hydrogen-bond acceptors (Lipinski definition) is 6. The summed E-state index contributed by atoms with van der Waals surface area (Å²) in [6.45, 7) is 0. The first-order chi connectivity index (χ1) is 16.3. The van der Waals surface area contributed by atoms with E-state index in [4.69, 9.17) is 16.7 Å². The summed E-state index contributed by atoms with van der Waals surface area (Å²) in [6, 6.07) is 17.3. The summed E-state index contributed by atoms with van der Waals surface area (Å²) in [5.41, 5.74) is 7.70. The fraction of sp³-hybridized carbons (Fsp3) is 0.167. The largest absolute Gasteiger partial charge is 0.479 e. The summed E-state index contributed by atoms with van der Waals surface area (Å²) in [4.78, 5) is 39.6. The maximum Gasteiger partial charge on any atom is 0.332 e. The highest BCUT2D eigenvalue weighted by atomic mass is 35.5. The van der Waals surface area contributed by atoms with E-state index >= 15 is 0 Å². The summed E-state index contributed by atoms with van der Waals surface area (Å²) >= 11 is 6.45. The van der Waals surface area contributed by atoms with Gasteiger partial charge < -0.3 is 15.5 Å². The SMILES string of the molecule is O=C(NNc1cccnc1)C(=O)N[C@H](Cc1ccc(-c2ccccc2)c(Cl)c1)C[C@@H](O)C(=O)O. The number of hydrazine groups is 1. The minimum absolute atomic E-state index is 0.147. The molecule has 0 unspecified atom stereocenters. The average molecular weight is 483 g/mol. The fourth-order valence-corrected chi connectivity index (χ4v) is 3.57. The molecule has 10 heteroatoms. The molecular formula is C24H23ClN4O5. The summed E-state index contributed by atoms with van der Waals surface area (Å²) in [5, 5.41) is 21.9. The molecule has 3 aromatic rings. The topological polar surface area (TPSA) is 141 Å². The van der Waals surface area contributed by atoms with Crippen LogP contribution >= 0.6 is 11.6 Å². The van der Waals surface area contributed by atoms with E-state index in [0.29, 0.717) is 16.3 Å². The monoisotopic (exact) mass is 482 g/mol. The normalized spacial score (nSPS) is 12.3. The van der Waals surface area contributed by atoms with Crippen molar-refractivity contribution >= 4 is 35.1 Å². The number of nitrogens with zero attached hydrogens (tertiary/aromatic N) is 1. The molecule has 2 aromatic carbocycles. The second kappa shape index (κ2) is 11.8. The number of nitrogens with one attached hydrogen (secondary N) is 3. The van der Waals surface area contributed by atoms with Crippen LogP contribution in [0.4, 0.5) is 5.69 Å². The number of aliphatic hydroxyl groups excluding tert-OH is 1. The molecule has 1 heterocycles. The lowest BCUT2D eigenvalue weighted by Crippen LogP contribution is -2.48. The van der Waals surface area contributed by atoms with Crippen molar-refractivity contribution in [2.75, 3.05) is 5.43 Å². The molecule has 0 aliphatic rings. The van der Waals surface area contributed by atoms with Gasteiger partial charge >= 0.3 is 17.8 Å². The molecule has 34 heavy (non-hydrogen) atoms. The van der Waals surface area contributed by atoms with Gasteiger partial charge in [0.2, 0.25) is 0 Å². The van der Waals surface area contributed by atoms with Crippen LogP contribution in [-0.4, -0.2) is 45.1 Å². The van der Waals surface area contributed by atoms with Crippen molar-refractivity contribution in [2.45, 2.75) is 25.0 Å². The van der Waals surface area contributed by atoms with E-state index in [-0.39, 0.29) is 12.8 Å². The van der Waals surface area contributed by atoms with Gasteiger partial charge in [-0.15, -0.1) is 0 Å². The molecule has 2 amide bonds. The van der Waals surface area contributed by atoms with Gasteiger partial charge in [0.25, 0.3) is 0 Å². The minimum Gasteiger partial charge on any atom is -0.479 e. The lowest BCUT2D eigenvalue weighted by molar-refractivity contribution is -0.147. The Morgan fingerprint density at radius 3 is 2.41 bits per heavy atom. The molecule has 5 N–H and O–H groups in total. The quantitative estimate of drug-likeness (QED) is 0.233. The molecule has 0 bridgehead atoms. The molecule has 0 radical (unpaired) electrons. The summed E-state index contributed by atoms with van der Waals surface area (Å²) in [7, 11) is 0. The van der Waals surface area contributed by atoms with Gasteiger partial charge in [-0.1, -0.05) is 54.1 Å². The number of aliphatic hydroxyl groups is 1. The lowest BCUT2D eigenvalue weighted by atomic mass is 9.97. The zero-order valence-electron chi connectivity index (χ0n) is 17.9. The van der Waals surface area contributed by atoms with Crippen LogP contribution in [0.3, 0.4) is 0 Å². The molecular weight excluding hydrogens is 460 g/mol. The second-order valence-electron chi connectivity index (χ2n) is 7.47. The molecule has 1 aromatic heterocycles. The first-order valence-electron chi connectivity index (χ1n) is 10.3. The van der Waals surface area contributed by atoms with Crippen LogP contribution in [0.2, 0.25) is 5.02 Å². The average Bonchev–Trinajstić information content (AvgIpc) is 2.83. The van der Waals surface area contributed by atoms with Crippen LogP contribution in [0.1, 0.15) is 12.0 Å². The van der Waals surface area contributed by atoms with Crippen LogP contribution in [-0.2, 0) is 20.8 Å². The van der Waals surface area contributed by atoms with Crippen LogP contribution in [0, 0.1) is 0 Å². The Bertz CT molecular complexity index is 1140. The molecule has 9 nitrogen and oxygen atoms in total. The smallest absolute Gasteiger partial charge is 0.332 e. The van der Waals surface area contributed by atoms with Crippen molar-refractivity contribution in [1.82, 2.24) is 15.7 Å². The van der Waals surface area contributed by atoms with Crippen molar-refractivity contribution in [3.8, 4) is 11.1 Å². The molecule has 0 saturated heterocycles. The van der Waals surface area contributed by atoms with Gasteiger partial charge in [0.1, 0.15) is 0 Å². The number of benzene rings is 2. The highest BCUT2D eigenvalue weighted by Crippen LogP contribution is 2.29. The lowest BCUT2D eigenvalue weighted by Gasteiger charge is -2.20. The number of aliphatic carboxylic acids is 1. The summed E-state index contributed by atoms with van der Waals surface area (Å²) < 4.78 is 0. The number of amides is 2. The highest BCUT2D eigenvalue weighted by molar-refractivity contribution is 6.35. The summed E-state index contributed by atoms with van der Waals surface area (Å²) in [5.74, 6) is -3.42. The number of halogens is 1. The predicted octanol–water partition coefficient (Wildman–Crippen LogP) is 2.41. The van der Waals surface area contributed by atoms with Gasteiger partial charge in [0, 0.05) is 29.2 Å². The van der Waals surface area contributed by atoms with Gasteiger partial charge in [-0.25, -0.2) is 4.79 Å². The number of aromatic nitrogens is 1. The number of rotatable bonds is 9. The Morgan fingerprint density at radius 1 is 1.00 bits per heavy atom. The summed E-state index contributed by atoms with van der Waals surface area (Å²) in [6.07, 6.45) is 1.13. The standard InChI is InChI=1S/C24H23ClN4O5/c25-20-12-15(8-9-19(20)16-5-2-1-3-6-16)11-18(13-21(30)24(33)34)27-22(31)23(32)29-28-17-7-4-10-26-14-17/h1-10,12,14,18,21,28,30H,11,13H2,(H,27,31)(H,29,32)(H,33,34)/t18-,21-/m1/s1. The molecule has 0 fully saturated rings.